The van der Waals surface area contributed by atoms with Gasteiger partial charge in [-0.05, 0) is 36.4 Å². The van der Waals surface area contributed by atoms with Crippen molar-refractivity contribution >= 4 is 23.3 Å². The van der Waals surface area contributed by atoms with Gasteiger partial charge in [0, 0.05) is 10.6 Å². The van der Waals surface area contributed by atoms with Crippen LogP contribution in [0.4, 0.5) is 11.5 Å². The first-order valence-electron chi connectivity index (χ1n) is 8.27. The van der Waals surface area contributed by atoms with E-state index in [0.29, 0.717) is 10.7 Å². The monoisotopic (exact) mass is 359 g/mol. The van der Waals surface area contributed by atoms with Crippen molar-refractivity contribution in [2.45, 2.75) is 9.79 Å². The van der Waals surface area contributed by atoms with E-state index in [1.807, 2.05) is 91.0 Å². The number of para-hydroxylation sites is 2. The number of aromatic amines is 1. The fraction of sp³-hybridized carbons (Fsp3) is 0. The Morgan fingerprint density at radius 2 is 1.35 bits per heavy atom. The Balaban J connectivity index is 1.79. The molecule has 4 aromatic rings. The number of aromatic nitrogens is 2. The Hall–Kier alpha value is -3.18. The number of benzene rings is 3. The summed E-state index contributed by atoms with van der Waals surface area (Å²) in [7, 11) is 0. The van der Waals surface area contributed by atoms with Crippen molar-refractivity contribution in [1.82, 2.24) is 9.78 Å². The van der Waals surface area contributed by atoms with Crippen molar-refractivity contribution in [3.05, 3.63) is 101 Å². The van der Waals surface area contributed by atoms with Gasteiger partial charge >= 0.3 is 0 Å². The topological polar surface area (TPSA) is 49.8 Å². The standard InChI is InChI=1S/C21H17N3OS/c25-21-19(26-18-14-8-3-9-15-18)20(22-16-10-4-1-5-11-16)23-24(21)17-12-6-2-7-13-17/h1-15,22-23H. The minimum Gasteiger partial charge on any atom is -0.340 e. The Morgan fingerprint density at radius 1 is 0.769 bits per heavy atom. The van der Waals surface area contributed by atoms with E-state index < -0.39 is 0 Å². The van der Waals surface area contributed by atoms with Crippen molar-refractivity contribution in [2.24, 2.45) is 0 Å². The molecule has 0 spiro atoms. The molecule has 0 bridgehead atoms. The second-order valence-electron chi connectivity index (χ2n) is 5.70. The van der Waals surface area contributed by atoms with Crippen LogP contribution in [-0.4, -0.2) is 9.78 Å². The lowest BCUT2D eigenvalue weighted by atomic mass is 10.3. The third-order valence-electron chi connectivity index (χ3n) is 3.87. The summed E-state index contributed by atoms with van der Waals surface area (Å²) in [5, 5.41) is 6.53. The van der Waals surface area contributed by atoms with Gasteiger partial charge in [-0.3, -0.25) is 9.89 Å². The number of hydrogen-bond donors (Lipinski definition) is 2. The molecule has 128 valence electrons. The van der Waals surface area contributed by atoms with Crippen molar-refractivity contribution in [3.8, 4) is 5.69 Å². The van der Waals surface area contributed by atoms with Gasteiger partial charge in [-0.15, -0.1) is 0 Å². The predicted octanol–water partition coefficient (Wildman–Crippen LogP) is 5.06. The second-order valence-corrected chi connectivity index (χ2v) is 6.78. The molecule has 3 aromatic carbocycles. The lowest BCUT2D eigenvalue weighted by Gasteiger charge is -2.06. The van der Waals surface area contributed by atoms with E-state index in [4.69, 9.17) is 0 Å². The molecule has 0 aliphatic rings. The highest BCUT2D eigenvalue weighted by Gasteiger charge is 2.17. The van der Waals surface area contributed by atoms with Crippen molar-refractivity contribution in [1.29, 1.82) is 0 Å². The molecule has 0 aliphatic heterocycles. The maximum absolute atomic E-state index is 13.1. The maximum atomic E-state index is 13.1. The predicted molar refractivity (Wildman–Crippen MR) is 107 cm³/mol. The number of H-pyrrole nitrogens is 1. The molecule has 1 heterocycles. The molecular weight excluding hydrogens is 342 g/mol. The van der Waals surface area contributed by atoms with E-state index in [1.54, 1.807) is 4.68 Å². The average molecular weight is 359 g/mol. The van der Waals surface area contributed by atoms with E-state index in [9.17, 15) is 4.79 Å². The van der Waals surface area contributed by atoms with Gasteiger partial charge in [0.2, 0.25) is 0 Å². The molecule has 0 fully saturated rings. The average Bonchev–Trinajstić information content (AvgIpc) is 3.00. The Morgan fingerprint density at radius 3 is 2.00 bits per heavy atom. The number of nitrogens with zero attached hydrogens (tertiary/aromatic N) is 1. The number of hydrogen-bond acceptors (Lipinski definition) is 3. The van der Waals surface area contributed by atoms with Gasteiger partial charge in [-0.25, -0.2) is 4.68 Å². The first kappa shape index (κ1) is 16.3. The zero-order valence-electron chi connectivity index (χ0n) is 13.9. The molecule has 2 N–H and O–H groups in total. The van der Waals surface area contributed by atoms with Gasteiger partial charge in [0.05, 0.1) is 5.69 Å². The highest BCUT2D eigenvalue weighted by molar-refractivity contribution is 7.99. The van der Waals surface area contributed by atoms with Crippen LogP contribution in [0.25, 0.3) is 5.69 Å². The van der Waals surface area contributed by atoms with Gasteiger partial charge in [-0.2, -0.15) is 0 Å². The number of nitrogens with one attached hydrogen (secondary N) is 2. The summed E-state index contributed by atoms with van der Waals surface area (Å²) >= 11 is 1.45. The zero-order valence-corrected chi connectivity index (χ0v) is 14.7. The molecule has 0 aliphatic carbocycles. The summed E-state index contributed by atoms with van der Waals surface area (Å²) in [6.45, 7) is 0. The molecule has 0 saturated heterocycles. The smallest absolute Gasteiger partial charge is 0.287 e. The molecule has 26 heavy (non-hydrogen) atoms. The van der Waals surface area contributed by atoms with Gasteiger partial charge < -0.3 is 5.32 Å². The van der Waals surface area contributed by atoms with Crippen LogP contribution in [0.5, 0.6) is 0 Å². The maximum Gasteiger partial charge on any atom is 0.287 e. The molecule has 0 atom stereocenters. The van der Waals surface area contributed by atoms with E-state index >= 15 is 0 Å². The van der Waals surface area contributed by atoms with Gasteiger partial charge in [0.1, 0.15) is 10.7 Å². The van der Waals surface area contributed by atoms with Crippen LogP contribution in [0, 0.1) is 0 Å². The molecule has 0 amide bonds. The summed E-state index contributed by atoms with van der Waals surface area (Å²) in [4.78, 5) is 14.7. The Labute approximate surface area is 155 Å². The summed E-state index contributed by atoms with van der Waals surface area (Å²) in [5.74, 6) is 0.680. The van der Waals surface area contributed by atoms with Crippen LogP contribution >= 0.6 is 11.8 Å². The van der Waals surface area contributed by atoms with Crippen LogP contribution in [0.3, 0.4) is 0 Å². The van der Waals surface area contributed by atoms with Crippen LogP contribution in [0.2, 0.25) is 0 Å². The van der Waals surface area contributed by atoms with Gasteiger partial charge in [0.25, 0.3) is 5.56 Å². The van der Waals surface area contributed by atoms with Crippen molar-refractivity contribution in [2.75, 3.05) is 5.32 Å². The summed E-state index contributed by atoms with van der Waals surface area (Å²) in [6.07, 6.45) is 0. The van der Waals surface area contributed by atoms with E-state index in [-0.39, 0.29) is 5.56 Å². The van der Waals surface area contributed by atoms with Crippen LogP contribution in [0.1, 0.15) is 0 Å². The van der Waals surface area contributed by atoms with Crippen molar-refractivity contribution < 1.29 is 0 Å². The van der Waals surface area contributed by atoms with Crippen LogP contribution in [0.15, 0.2) is 106 Å². The Kier molecular flexibility index (Phi) is 4.62. The van der Waals surface area contributed by atoms with E-state index in [2.05, 4.69) is 10.4 Å². The van der Waals surface area contributed by atoms with Crippen LogP contribution in [-0.2, 0) is 0 Å². The molecule has 5 heteroatoms. The SMILES string of the molecule is O=c1c(Sc2ccccc2)c(Nc2ccccc2)[nH]n1-c1ccccc1. The fourth-order valence-corrected chi connectivity index (χ4v) is 3.54. The molecule has 0 unspecified atom stereocenters. The van der Waals surface area contributed by atoms with E-state index in [0.717, 1.165) is 16.3 Å². The molecule has 1 aromatic heterocycles. The number of rotatable bonds is 5. The lowest BCUT2D eigenvalue weighted by Crippen LogP contribution is -2.15. The number of anilines is 2. The highest BCUT2D eigenvalue weighted by atomic mass is 32.2. The van der Waals surface area contributed by atoms with Crippen LogP contribution < -0.4 is 10.9 Å². The minimum absolute atomic E-state index is 0.0801. The largest absolute Gasteiger partial charge is 0.340 e. The summed E-state index contributed by atoms with van der Waals surface area (Å²) in [6, 6.07) is 29.3. The molecule has 0 radical (unpaired) electrons. The zero-order chi connectivity index (χ0) is 17.8. The van der Waals surface area contributed by atoms with Gasteiger partial charge in [0.15, 0.2) is 0 Å². The highest BCUT2D eigenvalue weighted by Crippen LogP contribution is 2.31. The first-order valence-corrected chi connectivity index (χ1v) is 9.08. The first-order chi connectivity index (χ1) is 12.8. The molecular formula is C21H17N3OS. The minimum atomic E-state index is -0.0801. The summed E-state index contributed by atoms with van der Waals surface area (Å²) < 4.78 is 1.57. The third kappa shape index (κ3) is 3.43. The Bertz CT molecular complexity index is 1040. The molecule has 4 rings (SSSR count). The van der Waals surface area contributed by atoms with E-state index in [1.165, 1.54) is 11.8 Å². The second kappa shape index (κ2) is 7.37. The lowest BCUT2D eigenvalue weighted by molar-refractivity contribution is 0.849. The van der Waals surface area contributed by atoms with Crippen molar-refractivity contribution in [3.63, 3.8) is 0 Å². The normalized spacial score (nSPS) is 10.6. The third-order valence-corrected chi connectivity index (χ3v) is 4.96. The fourth-order valence-electron chi connectivity index (χ4n) is 2.63. The quantitative estimate of drug-likeness (QED) is 0.524. The van der Waals surface area contributed by atoms with Gasteiger partial charge in [-0.1, -0.05) is 66.4 Å². The molecule has 4 nitrogen and oxygen atoms in total. The molecule has 0 saturated carbocycles. The summed E-state index contributed by atoms with van der Waals surface area (Å²) in [5.41, 5.74) is 1.64.